The van der Waals surface area contributed by atoms with Gasteiger partial charge in [0.15, 0.2) is 6.54 Å². The summed E-state index contributed by atoms with van der Waals surface area (Å²) in [6.07, 6.45) is -0.758. The Morgan fingerprint density at radius 3 is 1.41 bits per heavy atom. The Morgan fingerprint density at radius 1 is 0.590 bits per heavy atom. The monoisotopic (exact) mass is 549 g/mol. The summed E-state index contributed by atoms with van der Waals surface area (Å²) in [5.41, 5.74) is 7.24. The van der Waals surface area contributed by atoms with E-state index in [0.29, 0.717) is 11.6 Å². The van der Waals surface area contributed by atoms with Crippen molar-refractivity contribution in [2.24, 2.45) is 0 Å². The number of benzene rings is 4. The second-order valence-corrected chi connectivity index (χ2v) is 9.16. The van der Waals surface area contributed by atoms with Gasteiger partial charge in [0.25, 0.3) is 0 Å². The van der Waals surface area contributed by atoms with Crippen molar-refractivity contribution in [1.29, 1.82) is 0 Å². The van der Waals surface area contributed by atoms with E-state index in [0.717, 1.165) is 39.2 Å². The molecule has 198 valence electrons. The van der Waals surface area contributed by atoms with Crippen LogP contribution in [0.15, 0.2) is 127 Å². The van der Waals surface area contributed by atoms with Crippen LogP contribution in [0.25, 0.3) is 33.6 Å². The van der Waals surface area contributed by atoms with Gasteiger partial charge in [0, 0.05) is 33.8 Å². The molecule has 0 fully saturated rings. The number of rotatable bonds is 6. The molecule has 8 heteroatoms. The average Bonchev–Trinajstić information content (AvgIpc) is 2.94. The van der Waals surface area contributed by atoms with Gasteiger partial charge in [-0.25, -0.2) is 0 Å². The Morgan fingerprint density at radius 2 is 0.974 bits per heavy atom. The van der Waals surface area contributed by atoms with Crippen LogP contribution < -0.4 is 4.57 Å². The fourth-order valence-corrected chi connectivity index (χ4v) is 4.59. The van der Waals surface area contributed by atoms with E-state index >= 15 is 0 Å². The van der Waals surface area contributed by atoms with Crippen LogP contribution in [-0.4, -0.2) is 12.4 Å². The van der Waals surface area contributed by atoms with Crippen LogP contribution in [-0.2, 0) is 6.54 Å². The first-order valence-electron chi connectivity index (χ1n) is 12.2. The summed E-state index contributed by atoms with van der Waals surface area (Å²) in [5.74, 6) is 0. The number of aromatic nitrogens is 1. The first kappa shape index (κ1) is 28.1. The number of halogens is 5. The van der Waals surface area contributed by atoms with E-state index in [2.05, 4.69) is 65.2 Å². The van der Waals surface area contributed by atoms with Gasteiger partial charge >= 0.3 is 7.25 Å². The second-order valence-electron chi connectivity index (χ2n) is 8.76. The Balaban J connectivity index is 0.000000648. The van der Waals surface area contributed by atoms with Crippen LogP contribution in [0.5, 0.6) is 0 Å². The van der Waals surface area contributed by atoms with Crippen molar-refractivity contribution in [3.05, 3.63) is 138 Å². The van der Waals surface area contributed by atoms with E-state index in [1.54, 1.807) is 0 Å². The summed E-state index contributed by atoms with van der Waals surface area (Å²) in [4.78, 5) is 0. The fourth-order valence-electron chi connectivity index (χ4n) is 4.33. The highest BCUT2D eigenvalue weighted by Gasteiger charge is 2.26. The molecule has 0 saturated carbocycles. The molecule has 1 aromatic heterocycles. The van der Waals surface area contributed by atoms with Crippen molar-refractivity contribution in [2.45, 2.75) is 12.6 Å². The molecule has 0 bridgehead atoms. The third-order valence-electron chi connectivity index (χ3n) is 6.03. The van der Waals surface area contributed by atoms with Crippen molar-refractivity contribution in [1.82, 2.24) is 0 Å². The van der Waals surface area contributed by atoms with Crippen LogP contribution in [0.1, 0.15) is 11.7 Å². The summed E-state index contributed by atoms with van der Waals surface area (Å²) in [5, 5.41) is 11.8. The molecule has 1 N–H and O–H groups in total. The third kappa shape index (κ3) is 7.79. The zero-order valence-electron chi connectivity index (χ0n) is 20.8. The van der Waals surface area contributed by atoms with Gasteiger partial charge in [0.1, 0.15) is 6.10 Å². The molecule has 0 spiro atoms. The highest BCUT2D eigenvalue weighted by Crippen LogP contribution is 2.31. The highest BCUT2D eigenvalue weighted by atomic mass is 35.5. The maximum atomic E-state index is 11.3. The predicted molar refractivity (Wildman–Crippen MR) is 150 cm³/mol. The lowest BCUT2D eigenvalue weighted by molar-refractivity contribution is -0.683. The number of nitrogens with zero attached hydrogens (tertiary/aromatic N) is 1. The van der Waals surface area contributed by atoms with Gasteiger partial charge in [0.2, 0.25) is 11.4 Å². The standard InChI is InChI=1S/C31H25ClNO.BF4/c32-28-19-11-10-18-27(28)31(34)22-33-29(24-14-6-2-7-15-24)20-26(23-12-4-1-5-13-23)21-30(33)25-16-8-3-9-17-25;2-1(3,4)5/h1-21,31,34H,22H2;/q+1;-1. The molecule has 1 heterocycles. The summed E-state index contributed by atoms with van der Waals surface area (Å²) in [6, 6.07) is 42.9. The molecule has 0 aliphatic heterocycles. The number of hydrogen-bond acceptors (Lipinski definition) is 1. The molecule has 0 aliphatic carbocycles. The zero-order valence-corrected chi connectivity index (χ0v) is 21.5. The number of hydrogen-bond donors (Lipinski definition) is 1. The SMILES string of the molecule is F[B-](F)(F)F.OC(C[n+]1c(-c2ccccc2)cc(-c2ccccc2)cc1-c1ccccc1)c1ccccc1Cl. The maximum Gasteiger partial charge on any atom is 0.673 e. The van der Waals surface area contributed by atoms with E-state index in [-0.39, 0.29) is 0 Å². The molecule has 1 atom stereocenters. The second kappa shape index (κ2) is 12.7. The number of aliphatic hydroxyl groups excluding tert-OH is 1. The van der Waals surface area contributed by atoms with Gasteiger partial charge in [-0.15, -0.1) is 0 Å². The van der Waals surface area contributed by atoms with E-state index < -0.39 is 13.4 Å². The van der Waals surface area contributed by atoms with Crippen LogP contribution in [0.3, 0.4) is 0 Å². The van der Waals surface area contributed by atoms with E-state index in [4.69, 9.17) is 11.6 Å². The Bertz CT molecular complexity index is 1430. The summed E-state index contributed by atoms with van der Waals surface area (Å²) < 4.78 is 41.2. The molecule has 2 nitrogen and oxygen atoms in total. The average molecular weight is 550 g/mol. The van der Waals surface area contributed by atoms with Gasteiger partial charge in [-0.3, -0.25) is 0 Å². The summed E-state index contributed by atoms with van der Waals surface area (Å²) >= 11 is 6.43. The minimum absolute atomic E-state index is 0.368. The van der Waals surface area contributed by atoms with Crippen LogP contribution >= 0.6 is 11.6 Å². The van der Waals surface area contributed by atoms with Crippen molar-refractivity contribution < 1.29 is 26.9 Å². The Labute approximate surface area is 229 Å². The molecule has 5 aromatic rings. The lowest BCUT2D eigenvalue weighted by atomic mass is 9.98. The molecule has 0 aliphatic rings. The Hall–Kier alpha value is -3.94. The molecule has 1 unspecified atom stereocenters. The lowest BCUT2D eigenvalue weighted by Gasteiger charge is -2.16. The summed E-state index contributed by atoms with van der Waals surface area (Å²) in [7, 11) is -6.00. The van der Waals surface area contributed by atoms with Gasteiger partial charge in [-0.2, -0.15) is 4.57 Å². The van der Waals surface area contributed by atoms with Gasteiger partial charge in [-0.1, -0.05) is 96.5 Å². The van der Waals surface area contributed by atoms with Gasteiger partial charge in [0.05, 0.1) is 0 Å². The Kier molecular flexibility index (Phi) is 9.17. The third-order valence-corrected chi connectivity index (χ3v) is 6.38. The molecule has 5 rings (SSSR count). The minimum Gasteiger partial charge on any atom is -0.418 e. The molecule has 0 amide bonds. The smallest absolute Gasteiger partial charge is 0.418 e. The highest BCUT2D eigenvalue weighted by molar-refractivity contribution is 6.50. The minimum atomic E-state index is -6.00. The number of aliphatic hydroxyl groups is 1. The molecule has 0 saturated heterocycles. The molecule has 0 radical (unpaired) electrons. The van der Waals surface area contributed by atoms with Crippen molar-refractivity contribution in [2.75, 3.05) is 0 Å². The normalized spacial score (nSPS) is 11.8. The topological polar surface area (TPSA) is 24.1 Å². The van der Waals surface area contributed by atoms with E-state index in [1.165, 1.54) is 0 Å². The fraction of sp³-hybridized carbons (Fsp3) is 0.0645. The molecule has 4 aromatic carbocycles. The zero-order chi connectivity index (χ0) is 27.8. The first-order valence-corrected chi connectivity index (χ1v) is 12.6. The maximum absolute atomic E-state index is 11.3. The lowest BCUT2D eigenvalue weighted by Crippen LogP contribution is -2.41. The van der Waals surface area contributed by atoms with Crippen LogP contribution in [0, 0.1) is 0 Å². The predicted octanol–water partition coefficient (Wildman–Crippen LogP) is 8.66. The van der Waals surface area contributed by atoms with Crippen molar-refractivity contribution in [3.8, 4) is 33.6 Å². The van der Waals surface area contributed by atoms with Crippen LogP contribution in [0.2, 0.25) is 5.02 Å². The molecular formula is C31H25BClF4NO. The first-order chi connectivity index (χ1) is 18.7. The van der Waals surface area contributed by atoms with Gasteiger partial charge in [-0.05, 0) is 41.5 Å². The largest absolute Gasteiger partial charge is 0.673 e. The van der Waals surface area contributed by atoms with Gasteiger partial charge < -0.3 is 22.4 Å². The summed E-state index contributed by atoms with van der Waals surface area (Å²) in [6.45, 7) is 0.368. The number of pyridine rings is 1. The van der Waals surface area contributed by atoms with Crippen LogP contribution in [0.4, 0.5) is 17.3 Å². The van der Waals surface area contributed by atoms with Crippen molar-refractivity contribution >= 4 is 18.9 Å². The van der Waals surface area contributed by atoms with E-state index in [9.17, 15) is 22.4 Å². The molecular weight excluding hydrogens is 525 g/mol. The van der Waals surface area contributed by atoms with Crippen molar-refractivity contribution in [3.63, 3.8) is 0 Å². The quantitative estimate of drug-likeness (QED) is 0.128. The molecule has 39 heavy (non-hydrogen) atoms. The van der Waals surface area contributed by atoms with E-state index in [1.807, 2.05) is 66.7 Å².